The summed E-state index contributed by atoms with van der Waals surface area (Å²) >= 11 is 0. The van der Waals surface area contributed by atoms with Gasteiger partial charge in [-0.2, -0.15) is 0 Å². The first-order valence-corrected chi connectivity index (χ1v) is 6.95. The molecule has 5 heteroatoms. The predicted octanol–water partition coefficient (Wildman–Crippen LogP) is -0.148. The quantitative estimate of drug-likeness (QED) is 0.603. The number of rotatable bonds is 5. The Balaban J connectivity index is 1.78. The fraction of sp³-hybridized carbons (Fsp3) is 0.600. The first-order valence-electron chi connectivity index (χ1n) is 6.95. The van der Waals surface area contributed by atoms with Crippen LogP contribution in [-0.2, 0) is 11.2 Å². The molecule has 1 fully saturated rings. The van der Waals surface area contributed by atoms with Crippen LogP contribution in [-0.4, -0.2) is 57.6 Å². The molecule has 0 aromatic heterocycles. The molecule has 0 radical (unpaired) electrons. The molecule has 0 aliphatic carbocycles. The summed E-state index contributed by atoms with van der Waals surface area (Å²) in [6.45, 7) is -0.0195. The molecule has 0 bridgehead atoms. The SMILES string of the molecule is O[C@@H](CCc1ccccc1)C[C@@H]1OC[C@@H](O)[C@H](O)[C@H]1O. The van der Waals surface area contributed by atoms with Gasteiger partial charge in [0.15, 0.2) is 0 Å². The van der Waals surface area contributed by atoms with Crippen molar-refractivity contribution in [1.29, 1.82) is 0 Å². The molecule has 5 atom stereocenters. The second-order valence-electron chi connectivity index (χ2n) is 5.33. The highest BCUT2D eigenvalue weighted by Crippen LogP contribution is 2.20. The van der Waals surface area contributed by atoms with E-state index in [1.807, 2.05) is 30.3 Å². The number of hydrogen-bond acceptors (Lipinski definition) is 5. The average Bonchev–Trinajstić information content (AvgIpc) is 2.47. The maximum absolute atomic E-state index is 10.00. The van der Waals surface area contributed by atoms with Gasteiger partial charge < -0.3 is 25.2 Å². The lowest BCUT2D eigenvalue weighted by Crippen LogP contribution is -2.53. The van der Waals surface area contributed by atoms with Crippen LogP contribution in [0.3, 0.4) is 0 Å². The maximum atomic E-state index is 10.00. The van der Waals surface area contributed by atoms with Gasteiger partial charge in [-0.05, 0) is 18.4 Å². The van der Waals surface area contributed by atoms with Crippen LogP contribution in [0.15, 0.2) is 30.3 Å². The van der Waals surface area contributed by atoms with Crippen LogP contribution in [0.4, 0.5) is 0 Å². The van der Waals surface area contributed by atoms with Crippen molar-refractivity contribution in [3.05, 3.63) is 35.9 Å². The van der Waals surface area contributed by atoms with Gasteiger partial charge in [-0.15, -0.1) is 0 Å². The summed E-state index contributed by atoms with van der Waals surface area (Å²) in [5.41, 5.74) is 1.15. The van der Waals surface area contributed by atoms with Crippen LogP contribution in [0.25, 0.3) is 0 Å². The second-order valence-corrected chi connectivity index (χ2v) is 5.33. The lowest BCUT2D eigenvalue weighted by Gasteiger charge is -2.36. The molecule has 0 spiro atoms. The largest absolute Gasteiger partial charge is 0.393 e. The van der Waals surface area contributed by atoms with Crippen LogP contribution in [0, 0.1) is 0 Å². The maximum Gasteiger partial charge on any atom is 0.111 e. The van der Waals surface area contributed by atoms with Gasteiger partial charge in [0.2, 0.25) is 0 Å². The standard InChI is InChI=1S/C15H22O5/c16-11(7-6-10-4-2-1-3-5-10)8-13-15(19)14(18)12(17)9-20-13/h1-5,11-19H,6-9H2/t11-,12+,13-,14-,15-/m0/s1. The number of ether oxygens (including phenoxy) is 1. The van der Waals surface area contributed by atoms with E-state index in [2.05, 4.69) is 0 Å². The summed E-state index contributed by atoms with van der Waals surface area (Å²) in [5, 5.41) is 38.7. The third-order valence-corrected chi connectivity index (χ3v) is 3.72. The lowest BCUT2D eigenvalue weighted by atomic mass is 9.94. The van der Waals surface area contributed by atoms with Gasteiger partial charge in [0.25, 0.3) is 0 Å². The van der Waals surface area contributed by atoms with Crippen molar-refractivity contribution >= 4 is 0 Å². The van der Waals surface area contributed by atoms with Crippen molar-refractivity contribution in [2.45, 2.75) is 49.8 Å². The fourth-order valence-corrected chi connectivity index (χ4v) is 2.44. The molecule has 1 aromatic carbocycles. The van der Waals surface area contributed by atoms with E-state index in [0.29, 0.717) is 6.42 Å². The molecule has 2 rings (SSSR count). The van der Waals surface area contributed by atoms with E-state index in [-0.39, 0.29) is 13.0 Å². The molecular formula is C15H22O5. The minimum Gasteiger partial charge on any atom is -0.393 e. The van der Waals surface area contributed by atoms with Crippen molar-refractivity contribution in [2.75, 3.05) is 6.61 Å². The van der Waals surface area contributed by atoms with Gasteiger partial charge in [0, 0.05) is 6.42 Å². The van der Waals surface area contributed by atoms with E-state index < -0.39 is 30.5 Å². The molecule has 0 unspecified atom stereocenters. The van der Waals surface area contributed by atoms with Gasteiger partial charge in [0.1, 0.15) is 18.3 Å². The van der Waals surface area contributed by atoms with Gasteiger partial charge >= 0.3 is 0 Å². The first-order chi connectivity index (χ1) is 9.58. The molecule has 1 heterocycles. The van der Waals surface area contributed by atoms with Gasteiger partial charge in [-0.1, -0.05) is 30.3 Å². The third kappa shape index (κ3) is 4.01. The van der Waals surface area contributed by atoms with E-state index >= 15 is 0 Å². The summed E-state index contributed by atoms with van der Waals surface area (Å²) in [6, 6.07) is 9.84. The highest BCUT2D eigenvalue weighted by molar-refractivity contribution is 5.14. The smallest absolute Gasteiger partial charge is 0.111 e. The summed E-state index contributed by atoms with van der Waals surface area (Å²) in [4.78, 5) is 0. The highest BCUT2D eigenvalue weighted by Gasteiger charge is 2.38. The number of aliphatic hydroxyl groups is 4. The van der Waals surface area contributed by atoms with Crippen molar-refractivity contribution in [1.82, 2.24) is 0 Å². The van der Waals surface area contributed by atoms with Gasteiger partial charge in [-0.3, -0.25) is 0 Å². The molecule has 1 saturated heterocycles. The Morgan fingerprint density at radius 1 is 1.10 bits per heavy atom. The van der Waals surface area contributed by atoms with E-state index in [4.69, 9.17) is 4.74 Å². The normalized spacial score (nSPS) is 32.0. The Morgan fingerprint density at radius 2 is 1.80 bits per heavy atom. The zero-order chi connectivity index (χ0) is 14.5. The van der Waals surface area contributed by atoms with Crippen LogP contribution in [0.1, 0.15) is 18.4 Å². The molecule has 0 amide bonds. The average molecular weight is 282 g/mol. The minimum atomic E-state index is -1.21. The van der Waals surface area contributed by atoms with Crippen LogP contribution < -0.4 is 0 Å². The van der Waals surface area contributed by atoms with Crippen LogP contribution in [0.2, 0.25) is 0 Å². The number of benzene rings is 1. The highest BCUT2D eigenvalue weighted by atomic mass is 16.5. The summed E-state index contributed by atoms with van der Waals surface area (Å²) in [7, 11) is 0. The first kappa shape index (κ1) is 15.4. The molecule has 112 valence electrons. The molecule has 5 nitrogen and oxygen atoms in total. The molecule has 1 aliphatic rings. The van der Waals surface area contributed by atoms with Crippen molar-refractivity contribution in [3.8, 4) is 0 Å². The Bertz CT molecular complexity index is 397. The number of aryl methyl sites for hydroxylation is 1. The summed E-state index contributed by atoms with van der Waals surface area (Å²) < 4.78 is 5.28. The molecule has 4 N–H and O–H groups in total. The lowest BCUT2D eigenvalue weighted by molar-refractivity contribution is -0.193. The van der Waals surface area contributed by atoms with Crippen LogP contribution in [0.5, 0.6) is 0 Å². The van der Waals surface area contributed by atoms with E-state index in [9.17, 15) is 20.4 Å². The minimum absolute atomic E-state index is 0.0195. The molecular weight excluding hydrogens is 260 g/mol. The predicted molar refractivity (Wildman–Crippen MR) is 73.1 cm³/mol. The fourth-order valence-electron chi connectivity index (χ4n) is 2.44. The van der Waals surface area contributed by atoms with Crippen LogP contribution >= 0.6 is 0 Å². The Kier molecular flexibility index (Phi) is 5.51. The Labute approximate surface area is 118 Å². The zero-order valence-corrected chi connectivity index (χ0v) is 11.3. The van der Waals surface area contributed by atoms with Crippen molar-refractivity contribution < 1.29 is 25.2 Å². The number of hydrogen-bond donors (Lipinski definition) is 4. The molecule has 1 aromatic rings. The molecule has 0 saturated carbocycles. The monoisotopic (exact) mass is 282 g/mol. The topological polar surface area (TPSA) is 90.2 Å². The van der Waals surface area contributed by atoms with Gasteiger partial charge in [-0.25, -0.2) is 0 Å². The molecule has 1 aliphatic heterocycles. The van der Waals surface area contributed by atoms with E-state index in [1.165, 1.54) is 0 Å². The second kappa shape index (κ2) is 7.15. The summed E-state index contributed by atoms with van der Waals surface area (Å²) in [5.74, 6) is 0. The van der Waals surface area contributed by atoms with E-state index in [1.54, 1.807) is 0 Å². The third-order valence-electron chi connectivity index (χ3n) is 3.72. The summed E-state index contributed by atoms with van der Waals surface area (Å²) in [6.07, 6.45) is -3.14. The number of aliphatic hydroxyl groups excluding tert-OH is 4. The van der Waals surface area contributed by atoms with Crippen molar-refractivity contribution in [2.24, 2.45) is 0 Å². The Hall–Kier alpha value is -0.980. The Morgan fingerprint density at radius 3 is 2.50 bits per heavy atom. The molecule has 20 heavy (non-hydrogen) atoms. The van der Waals surface area contributed by atoms with E-state index in [0.717, 1.165) is 12.0 Å². The van der Waals surface area contributed by atoms with Crippen molar-refractivity contribution in [3.63, 3.8) is 0 Å². The van der Waals surface area contributed by atoms with Gasteiger partial charge in [0.05, 0.1) is 18.8 Å². The zero-order valence-electron chi connectivity index (χ0n) is 11.3.